The Bertz CT molecular complexity index is 1570. The van der Waals surface area contributed by atoms with Crippen LogP contribution in [0.5, 0.6) is 0 Å². The molecule has 0 aromatic heterocycles. The second-order valence-corrected chi connectivity index (χ2v) is 11.3. The molecule has 2 saturated heterocycles. The largest absolute Gasteiger partial charge is 0.334 e. The van der Waals surface area contributed by atoms with E-state index >= 15 is 0 Å². The minimum Gasteiger partial charge on any atom is -0.334 e. The molecule has 216 valence electrons. The summed E-state index contributed by atoms with van der Waals surface area (Å²) in [5.41, 5.74) is 2.92. The first-order valence-corrected chi connectivity index (χ1v) is 14.4. The number of nitrogens with zero attached hydrogens (tertiary/aromatic N) is 2. The zero-order chi connectivity index (χ0) is 29.2. The first kappa shape index (κ1) is 27.4. The number of nitrogens with one attached hydrogen (secondary N) is 3. The number of carbonyl (C=O) groups is 5. The Balaban J connectivity index is 0.971. The number of imide groups is 1. The lowest BCUT2D eigenvalue weighted by Gasteiger charge is -2.31. The van der Waals surface area contributed by atoms with E-state index in [1.807, 2.05) is 29.2 Å². The SMILES string of the molecule is O=C1CCC(N2Cc3cc(NC(=O)CC4CCN(C(=O)NCc5cccc6ccccc56)CC4)ccc3C2=O)C(=O)N1. The van der Waals surface area contributed by atoms with Crippen LogP contribution in [-0.4, -0.2) is 58.6 Å². The fourth-order valence-corrected chi connectivity index (χ4v) is 6.20. The first-order valence-electron chi connectivity index (χ1n) is 14.4. The average Bonchev–Trinajstić information content (AvgIpc) is 3.31. The molecule has 3 N–H and O–H groups in total. The topological polar surface area (TPSA) is 128 Å². The Morgan fingerprint density at radius 3 is 2.52 bits per heavy atom. The van der Waals surface area contributed by atoms with Crippen molar-refractivity contribution in [1.29, 1.82) is 0 Å². The van der Waals surface area contributed by atoms with Crippen LogP contribution in [0.4, 0.5) is 10.5 Å². The van der Waals surface area contributed by atoms with Gasteiger partial charge in [0.15, 0.2) is 0 Å². The Labute approximate surface area is 243 Å². The Morgan fingerprint density at radius 1 is 0.929 bits per heavy atom. The number of anilines is 1. The number of hydrogen-bond acceptors (Lipinski definition) is 5. The van der Waals surface area contributed by atoms with Crippen molar-refractivity contribution in [3.8, 4) is 0 Å². The summed E-state index contributed by atoms with van der Waals surface area (Å²) in [5, 5.41) is 10.6. The first-order chi connectivity index (χ1) is 20.4. The Morgan fingerprint density at radius 2 is 1.71 bits per heavy atom. The number of likely N-dealkylation sites (tertiary alicyclic amines) is 1. The van der Waals surface area contributed by atoms with Gasteiger partial charge >= 0.3 is 6.03 Å². The van der Waals surface area contributed by atoms with Crippen molar-refractivity contribution >= 4 is 46.1 Å². The highest BCUT2D eigenvalue weighted by atomic mass is 16.2. The third-order valence-electron chi connectivity index (χ3n) is 8.49. The highest BCUT2D eigenvalue weighted by Crippen LogP contribution is 2.30. The van der Waals surface area contributed by atoms with E-state index in [1.54, 1.807) is 18.2 Å². The number of hydrogen-bond donors (Lipinski definition) is 3. The van der Waals surface area contributed by atoms with Gasteiger partial charge in [-0.3, -0.25) is 24.5 Å². The predicted octanol–water partition coefficient (Wildman–Crippen LogP) is 3.55. The molecule has 10 heteroatoms. The summed E-state index contributed by atoms with van der Waals surface area (Å²) in [6.07, 6.45) is 2.35. The molecule has 0 aliphatic carbocycles. The van der Waals surface area contributed by atoms with Crippen LogP contribution in [0.2, 0.25) is 0 Å². The molecule has 2 fully saturated rings. The van der Waals surface area contributed by atoms with Crippen LogP contribution in [0.25, 0.3) is 10.8 Å². The number of carbonyl (C=O) groups excluding carboxylic acids is 5. The van der Waals surface area contributed by atoms with Gasteiger partial charge in [-0.1, -0.05) is 42.5 Å². The van der Waals surface area contributed by atoms with E-state index in [1.165, 1.54) is 4.90 Å². The van der Waals surface area contributed by atoms with Crippen LogP contribution in [-0.2, 0) is 27.5 Å². The van der Waals surface area contributed by atoms with E-state index in [4.69, 9.17) is 0 Å². The van der Waals surface area contributed by atoms with Gasteiger partial charge in [-0.2, -0.15) is 0 Å². The summed E-state index contributed by atoms with van der Waals surface area (Å²) < 4.78 is 0. The number of amides is 6. The van der Waals surface area contributed by atoms with Gasteiger partial charge in [0.2, 0.25) is 17.7 Å². The zero-order valence-electron chi connectivity index (χ0n) is 23.2. The number of urea groups is 1. The van der Waals surface area contributed by atoms with Crippen LogP contribution >= 0.6 is 0 Å². The van der Waals surface area contributed by atoms with Crippen molar-refractivity contribution in [2.75, 3.05) is 18.4 Å². The molecule has 42 heavy (non-hydrogen) atoms. The highest BCUT2D eigenvalue weighted by Gasteiger charge is 2.39. The van der Waals surface area contributed by atoms with E-state index in [9.17, 15) is 24.0 Å². The van der Waals surface area contributed by atoms with Crippen molar-refractivity contribution in [2.45, 2.75) is 51.2 Å². The lowest BCUT2D eigenvalue weighted by Crippen LogP contribution is -2.52. The smallest absolute Gasteiger partial charge is 0.317 e. The Hall–Kier alpha value is -4.73. The van der Waals surface area contributed by atoms with Crippen LogP contribution in [0.1, 0.15) is 53.6 Å². The molecule has 3 heterocycles. The minimum atomic E-state index is -0.674. The highest BCUT2D eigenvalue weighted by molar-refractivity contribution is 6.05. The maximum atomic E-state index is 12.9. The van der Waals surface area contributed by atoms with Gasteiger partial charge in [0.05, 0.1) is 0 Å². The maximum absolute atomic E-state index is 12.9. The van der Waals surface area contributed by atoms with Crippen molar-refractivity contribution in [3.63, 3.8) is 0 Å². The van der Waals surface area contributed by atoms with E-state index < -0.39 is 11.9 Å². The molecule has 10 nitrogen and oxygen atoms in total. The molecule has 0 spiro atoms. The van der Waals surface area contributed by atoms with Gasteiger partial charge < -0.3 is 20.4 Å². The quantitative estimate of drug-likeness (QED) is 0.393. The van der Waals surface area contributed by atoms with Crippen molar-refractivity contribution in [2.24, 2.45) is 5.92 Å². The van der Waals surface area contributed by atoms with Crippen molar-refractivity contribution in [3.05, 3.63) is 77.4 Å². The van der Waals surface area contributed by atoms with E-state index in [2.05, 4.69) is 34.1 Å². The van der Waals surface area contributed by atoms with Crippen molar-refractivity contribution < 1.29 is 24.0 Å². The third-order valence-corrected chi connectivity index (χ3v) is 8.49. The molecule has 6 rings (SSSR count). The lowest BCUT2D eigenvalue weighted by molar-refractivity contribution is -0.137. The number of rotatable bonds is 6. The van der Waals surface area contributed by atoms with Gasteiger partial charge in [-0.15, -0.1) is 0 Å². The monoisotopic (exact) mass is 567 g/mol. The van der Waals surface area contributed by atoms with Crippen LogP contribution in [0.15, 0.2) is 60.7 Å². The molecular weight excluding hydrogens is 534 g/mol. The van der Waals surface area contributed by atoms with Gasteiger partial charge in [0.1, 0.15) is 6.04 Å². The van der Waals surface area contributed by atoms with E-state index in [0.29, 0.717) is 43.7 Å². The second kappa shape index (κ2) is 11.6. The normalized spacial score (nSPS) is 19.0. The van der Waals surface area contributed by atoms with Crippen molar-refractivity contribution in [1.82, 2.24) is 20.4 Å². The number of fused-ring (bicyclic) bond motifs is 2. The molecule has 3 aliphatic rings. The molecule has 6 amide bonds. The zero-order valence-corrected chi connectivity index (χ0v) is 23.2. The maximum Gasteiger partial charge on any atom is 0.317 e. The molecule has 3 aromatic carbocycles. The summed E-state index contributed by atoms with van der Waals surface area (Å²) in [6.45, 7) is 1.90. The molecule has 0 bridgehead atoms. The van der Waals surface area contributed by atoms with Gasteiger partial charge in [0, 0.05) is 50.3 Å². The van der Waals surface area contributed by atoms with Crippen LogP contribution < -0.4 is 16.0 Å². The summed E-state index contributed by atoms with van der Waals surface area (Å²) in [4.78, 5) is 65.6. The molecule has 0 saturated carbocycles. The standard InChI is InChI=1S/C32H33N5O5/c38-28-11-10-27(30(40)35-28)37-19-23-17-24(8-9-26(23)31(37)41)34-29(39)16-20-12-14-36(15-13-20)32(42)33-18-22-6-3-5-21-4-1-2-7-25(21)22/h1-9,17,20,27H,10-16,18-19H2,(H,33,42)(H,34,39)(H,35,38,40). The summed E-state index contributed by atoms with van der Waals surface area (Å²) in [7, 11) is 0. The molecule has 3 aliphatic heterocycles. The molecule has 1 atom stereocenters. The van der Waals surface area contributed by atoms with Gasteiger partial charge in [0.25, 0.3) is 5.91 Å². The summed E-state index contributed by atoms with van der Waals surface area (Å²) >= 11 is 0. The number of piperidine rings is 2. The average molecular weight is 568 g/mol. The fraction of sp³-hybridized carbons (Fsp3) is 0.344. The molecule has 3 aromatic rings. The molecular formula is C32H33N5O5. The van der Waals surface area contributed by atoms with Crippen LogP contribution in [0.3, 0.4) is 0 Å². The second-order valence-electron chi connectivity index (χ2n) is 11.3. The summed E-state index contributed by atoms with van der Waals surface area (Å²) in [6, 6.07) is 18.6. The van der Waals surface area contributed by atoms with Gasteiger partial charge in [-0.25, -0.2) is 4.79 Å². The van der Waals surface area contributed by atoms with E-state index in [0.717, 1.165) is 34.7 Å². The van der Waals surface area contributed by atoms with Gasteiger partial charge in [-0.05, 0) is 65.3 Å². The summed E-state index contributed by atoms with van der Waals surface area (Å²) in [5.74, 6) is -0.956. The third kappa shape index (κ3) is 5.70. The molecule has 1 unspecified atom stereocenters. The number of benzene rings is 3. The molecule has 0 radical (unpaired) electrons. The Kier molecular flexibility index (Phi) is 7.60. The lowest BCUT2D eigenvalue weighted by atomic mass is 9.93. The van der Waals surface area contributed by atoms with E-state index in [-0.39, 0.29) is 42.6 Å². The minimum absolute atomic E-state index is 0.0927. The van der Waals surface area contributed by atoms with Crippen LogP contribution in [0, 0.1) is 5.92 Å². The fourth-order valence-electron chi connectivity index (χ4n) is 6.20. The predicted molar refractivity (Wildman–Crippen MR) is 156 cm³/mol.